The predicted octanol–water partition coefficient (Wildman–Crippen LogP) is 7.21. The molecule has 1 aromatic carbocycles. The van der Waals surface area contributed by atoms with E-state index in [9.17, 15) is 4.79 Å². The molecule has 1 aromatic rings. The maximum Gasteiger partial charge on any atom is 0.302 e. The molecule has 0 amide bonds. The molecule has 0 saturated heterocycles. The summed E-state index contributed by atoms with van der Waals surface area (Å²) in [6.07, 6.45) is 17.4. The summed E-state index contributed by atoms with van der Waals surface area (Å²) in [7, 11) is 0. The van der Waals surface area contributed by atoms with E-state index in [4.69, 9.17) is 4.74 Å². The standard InChI is InChI=1S/C29H38O2/c1-20(30)31-24-15-17-29(3)23(19-24)11-13-25-26-14-12-22(28(26,2)18-16-27(25)29)10-9-21-7-5-4-6-8-21/h4-10,12,23-27H,11,13-19H2,1-3H3/b10-9-/t23-,24-,25+,26+,27+,28+,29-/m0/s1. The Morgan fingerprint density at radius 3 is 2.58 bits per heavy atom. The number of benzene rings is 1. The number of hydrogen-bond acceptors (Lipinski definition) is 2. The first kappa shape index (κ1) is 21.0. The minimum absolute atomic E-state index is 0.108. The average molecular weight is 419 g/mol. The van der Waals surface area contributed by atoms with Gasteiger partial charge in [0.25, 0.3) is 0 Å². The van der Waals surface area contributed by atoms with E-state index in [-0.39, 0.29) is 12.1 Å². The van der Waals surface area contributed by atoms with Gasteiger partial charge in [-0.2, -0.15) is 0 Å². The highest BCUT2D eigenvalue weighted by molar-refractivity contribution is 5.66. The van der Waals surface area contributed by atoms with Gasteiger partial charge in [-0.3, -0.25) is 4.79 Å². The second-order valence-electron chi connectivity index (χ2n) is 11.3. The van der Waals surface area contributed by atoms with Gasteiger partial charge in [-0.05, 0) is 97.0 Å². The molecule has 0 heterocycles. The lowest BCUT2D eigenvalue weighted by molar-refractivity contribution is -0.158. The van der Waals surface area contributed by atoms with E-state index in [0.29, 0.717) is 10.8 Å². The van der Waals surface area contributed by atoms with Crippen molar-refractivity contribution in [2.45, 2.75) is 78.2 Å². The molecule has 0 spiro atoms. The van der Waals surface area contributed by atoms with Crippen LogP contribution in [0, 0.1) is 34.5 Å². The Hall–Kier alpha value is -1.83. The lowest BCUT2D eigenvalue weighted by Crippen LogP contribution is -2.53. The van der Waals surface area contributed by atoms with Crippen LogP contribution in [0.15, 0.2) is 48.1 Å². The average Bonchev–Trinajstić information content (AvgIpc) is 3.09. The van der Waals surface area contributed by atoms with Crippen LogP contribution in [0.2, 0.25) is 0 Å². The summed E-state index contributed by atoms with van der Waals surface area (Å²) < 4.78 is 5.63. The molecule has 4 aliphatic rings. The van der Waals surface area contributed by atoms with Crippen LogP contribution in [0.5, 0.6) is 0 Å². The van der Waals surface area contributed by atoms with Gasteiger partial charge < -0.3 is 4.74 Å². The first-order valence-corrected chi connectivity index (χ1v) is 12.5. The highest BCUT2D eigenvalue weighted by atomic mass is 16.5. The Balaban J connectivity index is 1.32. The summed E-state index contributed by atoms with van der Waals surface area (Å²) in [5.41, 5.74) is 3.64. The molecule has 166 valence electrons. The van der Waals surface area contributed by atoms with Gasteiger partial charge in [-0.15, -0.1) is 0 Å². The normalized spacial score (nSPS) is 41.8. The fourth-order valence-electron chi connectivity index (χ4n) is 8.17. The minimum atomic E-state index is -0.108. The molecule has 0 aliphatic heterocycles. The van der Waals surface area contributed by atoms with Crippen molar-refractivity contribution in [3.05, 3.63) is 53.6 Å². The number of carbonyl (C=O) groups excluding carboxylic acids is 1. The number of fused-ring (bicyclic) bond motifs is 5. The monoisotopic (exact) mass is 418 g/mol. The smallest absolute Gasteiger partial charge is 0.302 e. The summed E-state index contributed by atoms with van der Waals surface area (Å²) in [5, 5.41) is 0. The highest BCUT2D eigenvalue weighted by Gasteiger charge is 2.58. The van der Waals surface area contributed by atoms with Gasteiger partial charge in [0.2, 0.25) is 0 Å². The van der Waals surface area contributed by atoms with Crippen molar-refractivity contribution in [2.75, 3.05) is 0 Å². The van der Waals surface area contributed by atoms with Gasteiger partial charge in [0.1, 0.15) is 6.10 Å². The third-order valence-electron chi connectivity index (χ3n) is 9.85. The van der Waals surface area contributed by atoms with Gasteiger partial charge in [0.15, 0.2) is 0 Å². The predicted molar refractivity (Wildman–Crippen MR) is 126 cm³/mol. The van der Waals surface area contributed by atoms with Gasteiger partial charge in [0, 0.05) is 6.92 Å². The van der Waals surface area contributed by atoms with E-state index in [1.807, 2.05) is 0 Å². The zero-order valence-electron chi connectivity index (χ0n) is 19.5. The van der Waals surface area contributed by atoms with Crippen LogP contribution in [-0.2, 0) is 9.53 Å². The van der Waals surface area contributed by atoms with Crippen molar-refractivity contribution in [2.24, 2.45) is 34.5 Å². The van der Waals surface area contributed by atoms with E-state index in [2.05, 4.69) is 62.4 Å². The molecular formula is C29H38O2. The molecule has 7 atom stereocenters. The van der Waals surface area contributed by atoms with Crippen LogP contribution in [0.25, 0.3) is 6.08 Å². The zero-order valence-corrected chi connectivity index (χ0v) is 19.5. The van der Waals surface area contributed by atoms with Gasteiger partial charge in [0.05, 0.1) is 0 Å². The largest absolute Gasteiger partial charge is 0.463 e. The third kappa shape index (κ3) is 3.60. The molecule has 2 nitrogen and oxygen atoms in total. The summed E-state index contributed by atoms with van der Waals surface area (Å²) in [4.78, 5) is 11.5. The molecule has 0 bridgehead atoms. The van der Waals surface area contributed by atoms with E-state index in [1.165, 1.54) is 44.1 Å². The molecule has 3 saturated carbocycles. The van der Waals surface area contributed by atoms with Crippen LogP contribution < -0.4 is 0 Å². The van der Waals surface area contributed by atoms with Crippen molar-refractivity contribution < 1.29 is 9.53 Å². The minimum Gasteiger partial charge on any atom is -0.463 e. The van der Waals surface area contributed by atoms with E-state index < -0.39 is 0 Å². The van der Waals surface area contributed by atoms with E-state index in [0.717, 1.165) is 36.5 Å². The lowest BCUT2D eigenvalue weighted by atomic mass is 9.44. The van der Waals surface area contributed by atoms with Crippen LogP contribution in [-0.4, -0.2) is 12.1 Å². The molecule has 0 unspecified atom stereocenters. The quantitative estimate of drug-likeness (QED) is 0.485. The fraction of sp³-hybridized carbons (Fsp3) is 0.621. The molecule has 3 fully saturated rings. The maximum absolute atomic E-state index is 11.5. The number of hydrogen-bond donors (Lipinski definition) is 0. The summed E-state index contributed by atoms with van der Waals surface area (Å²) in [5.74, 6) is 3.11. The van der Waals surface area contributed by atoms with Gasteiger partial charge in [-0.1, -0.05) is 62.4 Å². The van der Waals surface area contributed by atoms with Crippen molar-refractivity contribution >= 4 is 12.0 Å². The molecule has 0 radical (unpaired) electrons. The highest BCUT2D eigenvalue weighted by Crippen LogP contribution is 2.66. The van der Waals surface area contributed by atoms with Crippen molar-refractivity contribution in [3.8, 4) is 0 Å². The Labute approximate surface area is 188 Å². The lowest BCUT2D eigenvalue weighted by Gasteiger charge is -2.60. The number of allylic oxidation sites excluding steroid dienone is 3. The molecule has 4 aliphatic carbocycles. The Morgan fingerprint density at radius 2 is 1.81 bits per heavy atom. The van der Waals surface area contributed by atoms with Crippen molar-refractivity contribution in [1.82, 2.24) is 0 Å². The summed E-state index contributed by atoms with van der Waals surface area (Å²) in [6.45, 7) is 6.69. The van der Waals surface area contributed by atoms with Crippen LogP contribution in [0.3, 0.4) is 0 Å². The second kappa shape index (κ2) is 7.94. The Kier molecular flexibility index (Phi) is 5.39. The summed E-state index contributed by atoms with van der Waals surface area (Å²) >= 11 is 0. The number of esters is 1. The molecular weight excluding hydrogens is 380 g/mol. The van der Waals surface area contributed by atoms with Crippen LogP contribution in [0.4, 0.5) is 0 Å². The van der Waals surface area contributed by atoms with Gasteiger partial charge >= 0.3 is 5.97 Å². The van der Waals surface area contributed by atoms with E-state index >= 15 is 0 Å². The molecule has 0 N–H and O–H groups in total. The fourth-order valence-corrected chi connectivity index (χ4v) is 8.17. The Bertz CT molecular complexity index is 883. The van der Waals surface area contributed by atoms with Crippen LogP contribution >= 0.6 is 0 Å². The van der Waals surface area contributed by atoms with Crippen LogP contribution in [0.1, 0.15) is 77.7 Å². The maximum atomic E-state index is 11.5. The Morgan fingerprint density at radius 1 is 1.00 bits per heavy atom. The van der Waals surface area contributed by atoms with E-state index in [1.54, 1.807) is 12.5 Å². The topological polar surface area (TPSA) is 26.3 Å². The van der Waals surface area contributed by atoms with Gasteiger partial charge in [-0.25, -0.2) is 0 Å². The summed E-state index contributed by atoms with van der Waals surface area (Å²) in [6, 6.07) is 10.7. The molecule has 0 aromatic heterocycles. The number of rotatable bonds is 3. The zero-order chi connectivity index (χ0) is 21.6. The number of carbonyl (C=O) groups is 1. The third-order valence-corrected chi connectivity index (χ3v) is 9.85. The second-order valence-corrected chi connectivity index (χ2v) is 11.3. The van der Waals surface area contributed by atoms with Crippen molar-refractivity contribution in [3.63, 3.8) is 0 Å². The number of ether oxygens (including phenoxy) is 1. The SMILES string of the molecule is CC(=O)O[C@H]1CC[C@@]2(C)[C@@H](CC[C@H]3[C@H]2CC[C@]2(C)C(/C=C\c4ccccc4)=CC[C@H]32)C1. The molecule has 31 heavy (non-hydrogen) atoms. The first-order chi connectivity index (χ1) is 14.9. The molecule has 5 rings (SSSR count). The van der Waals surface area contributed by atoms with Crippen molar-refractivity contribution in [1.29, 1.82) is 0 Å². The molecule has 2 heteroatoms. The first-order valence-electron chi connectivity index (χ1n) is 12.5.